The molecule has 0 amide bonds. The zero-order valence-electron chi connectivity index (χ0n) is 16.1. The summed E-state index contributed by atoms with van der Waals surface area (Å²) in [5, 5.41) is 0.951. The van der Waals surface area contributed by atoms with Crippen LogP contribution in [0.1, 0.15) is 44.6 Å². The number of nitrogens with one attached hydrogen (secondary N) is 2. The Balaban J connectivity index is 1.73. The molecule has 0 saturated carbocycles. The summed E-state index contributed by atoms with van der Waals surface area (Å²) in [5.74, 6) is -0.381. The highest BCUT2D eigenvalue weighted by Gasteiger charge is 2.18. The molecule has 146 valence electrons. The fourth-order valence-corrected chi connectivity index (χ4v) is 4.35. The molecule has 0 radical (unpaired) electrons. The predicted molar refractivity (Wildman–Crippen MR) is 113 cm³/mol. The van der Waals surface area contributed by atoms with Crippen molar-refractivity contribution in [2.24, 2.45) is 0 Å². The summed E-state index contributed by atoms with van der Waals surface area (Å²) in [6.45, 7) is 4.97. The number of furan rings is 1. The van der Waals surface area contributed by atoms with E-state index in [1.165, 1.54) is 24.3 Å². The van der Waals surface area contributed by atoms with Crippen molar-refractivity contribution in [2.45, 2.75) is 20.8 Å². The summed E-state index contributed by atoms with van der Waals surface area (Å²) in [6.07, 6.45) is 4.77. The van der Waals surface area contributed by atoms with Gasteiger partial charge in [-0.25, -0.2) is 0 Å². The summed E-state index contributed by atoms with van der Waals surface area (Å²) in [7, 11) is 0. The lowest BCUT2D eigenvalue weighted by molar-refractivity contribution is 0.101. The Kier molecular flexibility index (Phi) is 4.68. The second-order valence-electron chi connectivity index (χ2n) is 6.84. The van der Waals surface area contributed by atoms with Gasteiger partial charge in [-0.05, 0) is 56.2 Å². The Morgan fingerprint density at radius 1 is 1.14 bits per heavy atom. The molecule has 3 heterocycles. The molecule has 0 aliphatic heterocycles. The van der Waals surface area contributed by atoms with Crippen LogP contribution in [0.3, 0.4) is 0 Å². The number of aryl methyl sites for hydroxylation is 1. The Bertz CT molecular complexity index is 1450. The Hall–Kier alpha value is -3.45. The van der Waals surface area contributed by atoms with E-state index in [9.17, 15) is 14.4 Å². The minimum Gasteiger partial charge on any atom is -0.464 e. The Labute approximate surface area is 169 Å². The molecule has 0 bridgehead atoms. The lowest BCUT2D eigenvalue weighted by atomic mass is 10.1. The van der Waals surface area contributed by atoms with Crippen LogP contribution in [0.5, 0.6) is 0 Å². The topological polar surface area (TPSA) is 95.9 Å². The lowest BCUT2D eigenvalue weighted by Gasteiger charge is -1.95. The van der Waals surface area contributed by atoms with E-state index >= 15 is 0 Å². The quantitative estimate of drug-likeness (QED) is 0.510. The van der Waals surface area contributed by atoms with Gasteiger partial charge in [-0.3, -0.25) is 14.4 Å². The van der Waals surface area contributed by atoms with Gasteiger partial charge in [0.15, 0.2) is 5.78 Å². The molecule has 4 aromatic rings. The number of Topliss-reactive ketones (excluding diaryl/α,β-unsaturated/α-hetero) is 2. The van der Waals surface area contributed by atoms with Crippen LogP contribution >= 0.6 is 11.3 Å². The average molecular weight is 406 g/mol. The first-order chi connectivity index (χ1) is 13.8. The van der Waals surface area contributed by atoms with Gasteiger partial charge in [0, 0.05) is 22.7 Å². The number of thiazole rings is 1. The molecule has 0 aliphatic carbocycles. The van der Waals surface area contributed by atoms with Crippen LogP contribution < -0.4 is 14.8 Å². The van der Waals surface area contributed by atoms with Crippen molar-refractivity contribution in [3.63, 3.8) is 0 Å². The third kappa shape index (κ3) is 3.52. The van der Waals surface area contributed by atoms with E-state index in [0.717, 1.165) is 16.5 Å². The van der Waals surface area contributed by atoms with Crippen molar-refractivity contribution in [1.29, 1.82) is 0 Å². The van der Waals surface area contributed by atoms with Gasteiger partial charge in [0.05, 0.1) is 21.2 Å². The van der Waals surface area contributed by atoms with Crippen LogP contribution in [0.15, 0.2) is 39.7 Å². The summed E-state index contributed by atoms with van der Waals surface area (Å²) >= 11 is 1.20. The van der Waals surface area contributed by atoms with E-state index in [4.69, 9.17) is 4.42 Å². The zero-order valence-corrected chi connectivity index (χ0v) is 16.9. The molecule has 7 heteroatoms. The van der Waals surface area contributed by atoms with Gasteiger partial charge in [-0.15, -0.1) is 11.3 Å². The van der Waals surface area contributed by atoms with Gasteiger partial charge in [0.1, 0.15) is 5.58 Å². The van der Waals surface area contributed by atoms with E-state index in [0.29, 0.717) is 31.7 Å². The average Bonchev–Trinajstić information content (AvgIpc) is 3.32. The van der Waals surface area contributed by atoms with E-state index in [-0.39, 0.29) is 17.1 Å². The highest BCUT2D eigenvalue weighted by atomic mass is 32.1. The molecule has 0 spiro atoms. The zero-order chi connectivity index (χ0) is 20.7. The molecule has 29 heavy (non-hydrogen) atoms. The van der Waals surface area contributed by atoms with Crippen molar-refractivity contribution in [1.82, 2.24) is 9.97 Å². The lowest BCUT2D eigenvalue weighted by Crippen LogP contribution is -2.20. The molecule has 0 unspecified atom stereocenters. The fourth-order valence-electron chi connectivity index (χ4n) is 3.47. The fraction of sp³-hybridized carbons (Fsp3) is 0.136. The van der Waals surface area contributed by atoms with Gasteiger partial charge < -0.3 is 14.4 Å². The number of benzene rings is 1. The third-order valence-corrected chi connectivity index (χ3v) is 5.72. The maximum Gasteiger partial charge on any atom is 0.266 e. The Morgan fingerprint density at radius 3 is 2.66 bits per heavy atom. The van der Waals surface area contributed by atoms with Crippen LogP contribution in [0.25, 0.3) is 23.1 Å². The van der Waals surface area contributed by atoms with Crippen LogP contribution in [0.4, 0.5) is 0 Å². The first-order valence-corrected chi connectivity index (χ1v) is 9.79. The summed E-state index contributed by atoms with van der Waals surface area (Å²) in [6, 6.07) is 7.51. The molecule has 2 N–H and O–H groups in total. The molecular weight excluding hydrogens is 388 g/mol. The number of fused-ring (bicyclic) bond motifs is 1. The normalized spacial score (nSPS) is 12.8. The van der Waals surface area contributed by atoms with Gasteiger partial charge >= 0.3 is 0 Å². The standard InChI is InChI=1S/C22H18N2O4S/c1-11-20(13(3)25)12(2)23-21(11)16(26)10-19-24-22(27)18(29-19)9-14-4-5-17-15(8-14)6-7-28-17/h4-10,23H,1-3H3,(H,24,27)/b18-9-,19-10+. The van der Waals surface area contributed by atoms with Crippen molar-refractivity contribution >= 4 is 46.0 Å². The van der Waals surface area contributed by atoms with E-state index in [1.54, 1.807) is 26.2 Å². The van der Waals surface area contributed by atoms with Crippen molar-refractivity contribution in [2.75, 3.05) is 0 Å². The Morgan fingerprint density at radius 2 is 1.93 bits per heavy atom. The molecule has 6 nitrogen and oxygen atoms in total. The maximum absolute atomic E-state index is 12.7. The SMILES string of the molecule is CC(=O)c1c(C)[nH]c(C(=O)/C=c2\[nH]c(=O)/c(=C/c3ccc4occc4c3)s2)c1C. The highest BCUT2D eigenvalue weighted by Crippen LogP contribution is 2.19. The summed E-state index contributed by atoms with van der Waals surface area (Å²) < 4.78 is 6.27. The number of rotatable bonds is 4. The molecule has 0 saturated heterocycles. The maximum atomic E-state index is 12.7. The van der Waals surface area contributed by atoms with E-state index in [1.807, 2.05) is 24.3 Å². The molecular formula is C22H18N2O4S. The molecule has 0 aliphatic rings. The molecule has 1 aromatic carbocycles. The van der Waals surface area contributed by atoms with E-state index < -0.39 is 0 Å². The van der Waals surface area contributed by atoms with Gasteiger partial charge in [0.2, 0.25) is 5.78 Å². The van der Waals surface area contributed by atoms with Gasteiger partial charge in [0.25, 0.3) is 5.56 Å². The number of aromatic amines is 2. The number of ketones is 2. The molecule has 0 atom stereocenters. The number of hydrogen-bond donors (Lipinski definition) is 2. The van der Waals surface area contributed by atoms with Gasteiger partial charge in [-0.1, -0.05) is 6.07 Å². The molecule has 0 fully saturated rings. The monoisotopic (exact) mass is 406 g/mol. The van der Waals surface area contributed by atoms with Crippen LogP contribution in [-0.2, 0) is 0 Å². The molecule has 3 aromatic heterocycles. The summed E-state index contributed by atoms with van der Waals surface area (Å²) in [5.41, 5.74) is 3.56. The largest absolute Gasteiger partial charge is 0.464 e. The van der Waals surface area contributed by atoms with Crippen molar-refractivity contribution < 1.29 is 14.0 Å². The second-order valence-corrected chi connectivity index (χ2v) is 7.92. The van der Waals surface area contributed by atoms with Crippen LogP contribution in [-0.4, -0.2) is 21.5 Å². The number of hydrogen-bond acceptors (Lipinski definition) is 5. The van der Waals surface area contributed by atoms with Gasteiger partial charge in [-0.2, -0.15) is 0 Å². The minimum absolute atomic E-state index is 0.0914. The number of carbonyl (C=O) groups excluding carboxylic acids is 2. The highest BCUT2D eigenvalue weighted by molar-refractivity contribution is 7.07. The first-order valence-electron chi connectivity index (χ1n) is 8.98. The predicted octanol–water partition coefficient (Wildman–Crippen LogP) is 2.82. The van der Waals surface area contributed by atoms with Crippen molar-refractivity contribution in [3.8, 4) is 0 Å². The number of aromatic nitrogens is 2. The first kappa shape index (κ1) is 18.9. The van der Waals surface area contributed by atoms with Crippen LogP contribution in [0.2, 0.25) is 0 Å². The van der Waals surface area contributed by atoms with Crippen LogP contribution in [0, 0.1) is 13.8 Å². The number of H-pyrrole nitrogens is 2. The summed E-state index contributed by atoms with van der Waals surface area (Å²) in [4.78, 5) is 42.5. The number of carbonyl (C=O) groups is 2. The second kappa shape index (κ2) is 7.18. The smallest absolute Gasteiger partial charge is 0.266 e. The molecule has 4 rings (SSSR count). The van der Waals surface area contributed by atoms with E-state index in [2.05, 4.69) is 9.97 Å². The minimum atomic E-state index is -0.290. The van der Waals surface area contributed by atoms with Crippen molar-refractivity contribution in [3.05, 3.63) is 78.2 Å². The third-order valence-electron chi connectivity index (χ3n) is 4.75.